The van der Waals surface area contributed by atoms with Crippen LogP contribution in [0.4, 0.5) is 16.3 Å². The molecule has 2 aromatic rings. The molecule has 0 amide bonds. The van der Waals surface area contributed by atoms with E-state index in [1.54, 1.807) is 31.1 Å². The normalized spacial score (nSPS) is 11.1. The molecule has 0 saturated heterocycles. The van der Waals surface area contributed by atoms with Crippen molar-refractivity contribution in [1.29, 1.82) is 5.26 Å². The third kappa shape index (κ3) is 3.56. The van der Waals surface area contributed by atoms with Gasteiger partial charge in [0.2, 0.25) is 11.9 Å². The van der Waals surface area contributed by atoms with Crippen molar-refractivity contribution in [2.24, 2.45) is 0 Å². The minimum Gasteiger partial charge on any atom is -0.368 e. The van der Waals surface area contributed by atoms with Crippen LogP contribution < -0.4 is 10.6 Å². The smallest absolute Gasteiger partial charge is 0.230 e. The minimum atomic E-state index is -0.453. The first kappa shape index (κ1) is 15.9. The van der Waals surface area contributed by atoms with Crippen LogP contribution in [0, 0.1) is 17.1 Å². The number of hydrogen-bond donors (Lipinski definition) is 1. The van der Waals surface area contributed by atoms with E-state index in [9.17, 15) is 9.65 Å². The maximum absolute atomic E-state index is 13.8. The molecule has 1 aromatic carbocycles. The van der Waals surface area contributed by atoms with Gasteiger partial charge in [-0.1, -0.05) is 15.9 Å². The van der Waals surface area contributed by atoms with E-state index in [2.05, 4.69) is 30.9 Å². The summed E-state index contributed by atoms with van der Waals surface area (Å²) in [6.45, 7) is 0. The number of nitrogens with two attached hydrogens (primary N) is 1. The van der Waals surface area contributed by atoms with Gasteiger partial charge in [-0.2, -0.15) is 20.2 Å². The molecule has 0 aliphatic heterocycles. The fourth-order valence-electron chi connectivity index (χ4n) is 1.63. The topological polar surface area (TPSA) is 91.7 Å². The number of rotatable bonds is 3. The Hall–Kier alpha value is -2.53. The van der Waals surface area contributed by atoms with E-state index in [1.807, 2.05) is 6.07 Å². The molecule has 1 heterocycles. The van der Waals surface area contributed by atoms with Crippen LogP contribution in [0.25, 0.3) is 11.6 Å². The Morgan fingerprint density at radius 3 is 2.73 bits per heavy atom. The second-order valence-electron chi connectivity index (χ2n) is 4.55. The van der Waals surface area contributed by atoms with Gasteiger partial charge in [0.05, 0.1) is 5.57 Å². The highest BCUT2D eigenvalue weighted by atomic mass is 79.9. The van der Waals surface area contributed by atoms with Crippen LogP contribution in [0.15, 0.2) is 22.7 Å². The van der Waals surface area contributed by atoms with Crippen LogP contribution in [0.1, 0.15) is 11.4 Å². The molecule has 0 atom stereocenters. The lowest BCUT2D eigenvalue weighted by Crippen LogP contribution is -2.15. The van der Waals surface area contributed by atoms with Crippen LogP contribution in [-0.4, -0.2) is 29.0 Å². The van der Waals surface area contributed by atoms with Crippen molar-refractivity contribution < 1.29 is 4.39 Å². The first-order valence-electron chi connectivity index (χ1n) is 6.17. The number of halogens is 2. The summed E-state index contributed by atoms with van der Waals surface area (Å²) in [7, 11) is 3.48. The van der Waals surface area contributed by atoms with Gasteiger partial charge in [-0.25, -0.2) is 4.39 Å². The minimum absolute atomic E-state index is 0.00966. The molecule has 22 heavy (non-hydrogen) atoms. The van der Waals surface area contributed by atoms with Crippen molar-refractivity contribution in [1.82, 2.24) is 15.0 Å². The SMILES string of the molecule is CN(C)c1nc(N)nc(/C(C#N)=C/c2cc(Br)ccc2F)n1. The Morgan fingerprint density at radius 2 is 2.09 bits per heavy atom. The van der Waals surface area contributed by atoms with E-state index >= 15 is 0 Å². The van der Waals surface area contributed by atoms with Gasteiger partial charge in [0.15, 0.2) is 5.82 Å². The largest absolute Gasteiger partial charge is 0.368 e. The summed E-state index contributed by atoms with van der Waals surface area (Å²) in [5.74, 6) is -0.0492. The molecule has 0 radical (unpaired) electrons. The molecule has 1 aromatic heterocycles. The van der Waals surface area contributed by atoms with Gasteiger partial charge in [-0.15, -0.1) is 0 Å². The molecule has 0 aliphatic carbocycles. The quantitative estimate of drug-likeness (QED) is 0.843. The van der Waals surface area contributed by atoms with E-state index in [0.717, 1.165) is 0 Å². The van der Waals surface area contributed by atoms with E-state index in [4.69, 9.17) is 5.73 Å². The zero-order valence-corrected chi connectivity index (χ0v) is 13.5. The molecule has 0 spiro atoms. The lowest BCUT2D eigenvalue weighted by atomic mass is 10.1. The number of aromatic nitrogens is 3. The van der Waals surface area contributed by atoms with E-state index < -0.39 is 5.82 Å². The van der Waals surface area contributed by atoms with Gasteiger partial charge < -0.3 is 10.6 Å². The summed E-state index contributed by atoms with van der Waals surface area (Å²) in [6, 6.07) is 6.40. The van der Waals surface area contributed by atoms with Gasteiger partial charge in [-0.05, 0) is 24.3 Å². The maximum Gasteiger partial charge on any atom is 0.230 e. The molecule has 8 heteroatoms. The van der Waals surface area contributed by atoms with Crippen LogP contribution in [-0.2, 0) is 0 Å². The van der Waals surface area contributed by atoms with E-state index in [1.165, 1.54) is 12.1 Å². The molecule has 112 valence electrons. The summed E-state index contributed by atoms with van der Waals surface area (Å²) in [4.78, 5) is 13.7. The highest BCUT2D eigenvalue weighted by Gasteiger charge is 2.12. The molecular formula is C14H12BrFN6. The Balaban J connectivity index is 2.55. The molecule has 0 unspecified atom stereocenters. The Morgan fingerprint density at radius 1 is 1.36 bits per heavy atom. The van der Waals surface area contributed by atoms with Gasteiger partial charge in [-0.3, -0.25) is 0 Å². The van der Waals surface area contributed by atoms with Crippen LogP contribution in [0.3, 0.4) is 0 Å². The van der Waals surface area contributed by atoms with Gasteiger partial charge in [0.25, 0.3) is 0 Å². The van der Waals surface area contributed by atoms with Crippen LogP contribution in [0.5, 0.6) is 0 Å². The van der Waals surface area contributed by atoms with Crippen molar-refractivity contribution in [3.05, 3.63) is 39.9 Å². The van der Waals surface area contributed by atoms with Crippen LogP contribution >= 0.6 is 15.9 Å². The second kappa shape index (κ2) is 6.49. The van der Waals surface area contributed by atoms with Crippen molar-refractivity contribution in [3.8, 4) is 6.07 Å². The molecule has 0 saturated carbocycles. The van der Waals surface area contributed by atoms with Crippen molar-refractivity contribution >= 4 is 39.5 Å². The number of allylic oxidation sites excluding steroid dienone is 1. The summed E-state index contributed by atoms with van der Waals surface area (Å²) >= 11 is 3.26. The first-order valence-corrected chi connectivity index (χ1v) is 6.96. The maximum atomic E-state index is 13.8. The number of benzene rings is 1. The summed E-state index contributed by atoms with van der Waals surface area (Å²) < 4.78 is 14.5. The van der Waals surface area contributed by atoms with Gasteiger partial charge >= 0.3 is 0 Å². The zero-order valence-electron chi connectivity index (χ0n) is 11.9. The van der Waals surface area contributed by atoms with E-state index in [-0.39, 0.29) is 22.9 Å². The number of nitrogen functional groups attached to an aromatic ring is 1. The standard InChI is InChI=1S/C14H12BrFN6/c1-22(2)14-20-12(19-13(18)21-14)9(7-17)5-8-6-10(15)3-4-11(8)16/h3-6H,1-2H3,(H2,18,19,20,21)/b9-5+. The lowest BCUT2D eigenvalue weighted by molar-refractivity contribution is 0.625. The molecule has 6 nitrogen and oxygen atoms in total. The fraction of sp³-hybridized carbons (Fsp3) is 0.143. The predicted molar refractivity (Wildman–Crippen MR) is 86.2 cm³/mol. The first-order chi connectivity index (χ1) is 10.4. The highest BCUT2D eigenvalue weighted by Crippen LogP contribution is 2.21. The number of anilines is 2. The fourth-order valence-corrected chi connectivity index (χ4v) is 2.01. The summed E-state index contributed by atoms with van der Waals surface area (Å²) in [6.07, 6.45) is 1.37. The zero-order chi connectivity index (χ0) is 16.3. The Kier molecular flexibility index (Phi) is 4.68. The summed E-state index contributed by atoms with van der Waals surface area (Å²) in [5, 5.41) is 9.31. The van der Waals surface area contributed by atoms with Crippen molar-refractivity contribution in [2.75, 3.05) is 24.7 Å². The number of nitriles is 1. The molecule has 0 aliphatic rings. The molecular weight excluding hydrogens is 351 g/mol. The predicted octanol–water partition coefficient (Wildman–Crippen LogP) is 2.49. The average Bonchev–Trinajstić information content (AvgIpc) is 2.47. The van der Waals surface area contributed by atoms with Crippen molar-refractivity contribution in [3.63, 3.8) is 0 Å². The highest BCUT2D eigenvalue weighted by molar-refractivity contribution is 9.10. The van der Waals surface area contributed by atoms with Gasteiger partial charge in [0.1, 0.15) is 11.9 Å². The van der Waals surface area contributed by atoms with Crippen LogP contribution in [0.2, 0.25) is 0 Å². The number of hydrogen-bond acceptors (Lipinski definition) is 6. The molecule has 0 fully saturated rings. The van der Waals surface area contributed by atoms with E-state index in [0.29, 0.717) is 10.4 Å². The molecule has 2 rings (SSSR count). The molecule has 2 N–H and O–H groups in total. The summed E-state index contributed by atoms with van der Waals surface area (Å²) in [5.41, 5.74) is 5.97. The second-order valence-corrected chi connectivity index (χ2v) is 5.46. The monoisotopic (exact) mass is 362 g/mol. The molecule has 0 bridgehead atoms. The van der Waals surface area contributed by atoms with Crippen molar-refractivity contribution in [2.45, 2.75) is 0 Å². The number of nitrogens with zero attached hydrogens (tertiary/aromatic N) is 5. The van der Waals surface area contributed by atoms with Gasteiger partial charge in [0, 0.05) is 24.1 Å². The Bertz CT molecular complexity index is 781. The third-order valence-corrected chi connectivity index (χ3v) is 3.15. The Labute approximate surface area is 135 Å². The average molecular weight is 363 g/mol. The third-order valence-electron chi connectivity index (χ3n) is 2.66. The lowest BCUT2D eigenvalue weighted by Gasteiger charge is -2.11.